The van der Waals surface area contributed by atoms with Crippen LogP contribution in [0.3, 0.4) is 0 Å². The van der Waals surface area contributed by atoms with E-state index in [0.29, 0.717) is 29.5 Å². The number of rotatable bonds is 4. The van der Waals surface area contributed by atoms with Gasteiger partial charge in [0.1, 0.15) is 11.3 Å². The van der Waals surface area contributed by atoms with E-state index in [4.69, 9.17) is 10.7 Å². The second-order valence-corrected chi connectivity index (χ2v) is 7.97. The van der Waals surface area contributed by atoms with Crippen molar-refractivity contribution in [2.24, 2.45) is 11.7 Å². The van der Waals surface area contributed by atoms with Crippen LogP contribution < -0.4 is 16.2 Å². The molecule has 4 aromatic heterocycles. The number of anilines is 1. The lowest BCUT2D eigenvalue weighted by Crippen LogP contribution is -2.24. The fourth-order valence-electron chi connectivity index (χ4n) is 4.24. The fourth-order valence-corrected chi connectivity index (χ4v) is 4.24. The van der Waals surface area contributed by atoms with E-state index >= 15 is 0 Å². The standard InChI is InChI=1S/C22H25N7O/c1-3-17-20-8-19(26-29(20)11-14(2)24-17)18-9-22(30)28-13-16(4-5-21(28)25-18)27-7-6-15(10-23)12-27/h4-5,8-9,11,13,15H,3,6-7,10,12,23H2,1-2H3/t15-/m0/s1. The monoisotopic (exact) mass is 403 g/mol. The van der Waals surface area contributed by atoms with Gasteiger partial charge in [-0.05, 0) is 50.4 Å². The minimum atomic E-state index is -0.117. The molecule has 5 heterocycles. The second kappa shape index (κ2) is 7.21. The van der Waals surface area contributed by atoms with Crippen molar-refractivity contribution in [3.63, 3.8) is 0 Å². The molecule has 1 saturated heterocycles. The van der Waals surface area contributed by atoms with Crippen LogP contribution in [-0.4, -0.2) is 43.6 Å². The average Bonchev–Trinajstić information content (AvgIpc) is 3.40. The van der Waals surface area contributed by atoms with Gasteiger partial charge in [-0.2, -0.15) is 5.10 Å². The Hall–Kier alpha value is -3.26. The van der Waals surface area contributed by atoms with Gasteiger partial charge >= 0.3 is 0 Å². The predicted molar refractivity (Wildman–Crippen MR) is 117 cm³/mol. The first kappa shape index (κ1) is 18.7. The number of fused-ring (bicyclic) bond motifs is 2. The molecule has 5 rings (SSSR count). The van der Waals surface area contributed by atoms with E-state index in [0.717, 1.165) is 48.5 Å². The molecule has 1 aliphatic heterocycles. The van der Waals surface area contributed by atoms with Gasteiger partial charge in [-0.25, -0.2) is 9.50 Å². The molecule has 8 heteroatoms. The summed E-state index contributed by atoms with van der Waals surface area (Å²) in [5.74, 6) is 0.513. The molecular formula is C22H25N7O. The molecule has 0 radical (unpaired) electrons. The van der Waals surface area contributed by atoms with Crippen molar-refractivity contribution >= 4 is 16.9 Å². The second-order valence-electron chi connectivity index (χ2n) is 7.97. The van der Waals surface area contributed by atoms with Crippen molar-refractivity contribution in [1.29, 1.82) is 0 Å². The van der Waals surface area contributed by atoms with Crippen LogP contribution in [0.15, 0.2) is 41.5 Å². The number of nitrogens with zero attached hydrogens (tertiary/aromatic N) is 6. The number of hydrogen-bond acceptors (Lipinski definition) is 6. The Kier molecular flexibility index (Phi) is 4.51. The summed E-state index contributed by atoms with van der Waals surface area (Å²) in [5.41, 5.74) is 11.4. The molecule has 0 unspecified atom stereocenters. The quantitative estimate of drug-likeness (QED) is 0.561. The third-order valence-corrected chi connectivity index (χ3v) is 5.88. The van der Waals surface area contributed by atoms with Gasteiger partial charge in [-0.15, -0.1) is 0 Å². The molecule has 0 amide bonds. The normalized spacial score (nSPS) is 16.8. The van der Waals surface area contributed by atoms with E-state index in [-0.39, 0.29) is 5.56 Å². The molecule has 1 atom stereocenters. The third-order valence-electron chi connectivity index (χ3n) is 5.88. The van der Waals surface area contributed by atoms with Gasteiger partial charge < -0.3 is 10.6 Å². The van der Waals surface area contributed by atoms with E-state index < -0.39 is 0 Å². The molecule has 0 aliphatic carbocycles. The predicted octanol–water partition coefficient (Wildman–Crippen LogP) is 2.06. The highest BCUT2D eigenvalue weighted by Gasteiger charge is 2.22. The molecule has 154 valence electrons. The van der Waals surface area contributed by atoms with E-state index in [2.05, 4.69) is 21.9 Å². The Morgan fingerprint density at radius 3 is 2.80 bits per heavy atom. The van der Waals surface area contributed by atoms with Crippen LogP contribution >= 0.6 is 0 Å². The summed E-state index contributed by atoms with van der Waals surface area (Å²) in [7, 11) is 0. The number of aromatic nitrogens is 5. The number of pyridine rings is 1. The first-order valence-corrected chi connectivity index (χ1v) is 10.4. The van der Waals surface area contributed by atoms with Crippen LogP contribution in [0.5, 0.6) is 0 Å². The maximum Gasteiger partial charge on any atom is 0.258 e. The van der Waals surface area contributed by atoms with Crippen LogP contribution in [0.25, 0.3) is 22.6 Å². The molecule has 0 bridgehead atoms. The number of aryl methyl sites for hydroxylation is 2. The van der Waals surface area contributed by atoms with Crippen molar-refractivity contribution in [2.45, 2.75) is 26.7 Å². The van der Waals surface area contributed by atoms with E-state index in [1.165, 1.54) is 0 Å². The zero-order valence-electron chi connectivity index (χ0n) is 17.2. The first-order valence-electron chi connectivity index (χ1n) is 10.4. The summed E-state index contributed by atoms with van der Waals surface area (Å²) in [6.45, 7) is 6.61. The van der Waals surface area contributed by atoms with Gasteiger partial charge in [0.25, 0.3) is 5.56 Å². The first-order chi connectivity index (χ1) is 14.6. The van der Waals surface area contributed by atoms with E-state index in [1.54, 1.807) is 10.5 Å². The highest BCUT2D eigenvalue weighted by molar-refractivity contribution is 5.66. The van der Waals surface area contributed by atoms with Gasteiger partial charge in [-0.3, -0.25) is 14.2 Å². The minimum absolute atomic E-state index is 0.117. The Bertz CT molecular complexity index is 1310. The number of hydrogen-bond donors (Lipinski definition) is 1. The van der Waals surface area contributed by atoms with E-state index in [9.17, 15) is 4.79 Å². The Morgan fingerprint density at radius 1 is 1.17 bits per heavy atom. The molecule has 0 aromatic carbocycles. The molecule has 8 nitrogen and oxygen atoms in total. The van der Waals surface area contributed by atoms with Crippen LogP contribution in [0.4, 0.5) is 5.69 Å². The Balaban J connectivity index is 1.56. The Labute approximate surface area is 174 Å². The molecule has 2 N–H and O–H groups in total. The van der Waals surface area contributed by atoms with Crippen molar-refractivity contribution in [3.05, 3.63) is 58.4 Å². The lowest BCUT2D eigenvalue weighted by atomic mass is 10.1. The maximum atomic E-state index is 12.9. The van der Waals surface area contributed by atoms with Crippen molar-refractivity contribution in [1.82, 2.24) is 24.0 Å². The van der Waals surface area contributed by atoms with Crippen molar-refractivity contribution in [2.75, 3.05) is 24.5 Å². The van der Waals surface area contributed by atoms with Crippen LogP contribution in [-0.2, 0) is 6.42 Å². The van der Waals surface area contributed by atoms with Gasteiger partial charge in [0.05, 0.1) is 34.5 Å². The Morgan fingerprint density at radius 2 is 2.03 bits per heavy atom. The fraction of sp³-hybridized carbons (Fsp3) is 0.364. The van der Waals surface area contributed by atoms with Gasteiger partial charge in [-0.1, -0.05) is 6.92 Å². The summed E-state index contributed by atoms with van der Waals surface area (Å²) in [6, 6.07) is 7.43. The summed E-state index contributed by atoms with van der Waals surface area (Å²) in [5, 5.41) is 4.64. The summed E-state index contributed by atoms with van der Waals surface area (Å²) >= 11 is 0. The average molecular weight is 403 g/mol. The largest absolute Gasteiger partial charge is 0.370 e. The van der Waals surface area contributed by atoms with Crippen molar-refractivity contribution < 1.29 is 0 Å². The zero-order chi connectivity index (χ0) is 20.8. The van der Waals surface area contributed by atoms with Crippen molar-refractivity contribution in [3.8, 4) is 11.4 Å². The molecule has 0 saturated carbocycles. The van der Waals surface area contributed by atoms with Gasteiger partial charge in [0.2, 0.25) is 0 Å². The van der Waals surface area contributed by atoms with Gasteiger partial charge in [0.15, 0.2) is 0 Å². The maximum absolute atomic E-state index is 12.9. The molecule has 1 fully saturated rings. The molecule has 1 aliphatic rings. The topological polar surface area (TPSA) is 93.8 Å². The third kappa shape index (κ3) is 3.13. The highest BCUT2D eigenvalue weighted by atomic mass is 16.1. The summed E-state index contributed by atoms with van der Waals surface area (Å²) in [4.78, 5) is 24.5. The van der Waals surface area contributed by atoms with Crippen LogP contribution in [0, 0.1) is 12.8 Å². The smallest absolute Gasteiger partial charge is 0.258 e. The van der Waals surface area contributed by atoms with Crippen LogP contribution in [0.2, 0.25) is 0 Å². The molecule has 4 aromatic rings. The SMILES string of the molecule is CCc1nc(C)cn2nc(-c3cc(=O)n4cc(N5CC[C@@H](CN)C5)ccc4n3)cc12. The molecule has 0 spiro atoms. The lowest BCUT2D eigenvalue weighted by molar-refractivity contribution is 0.602. The molecule has 30 heavy (non-hydrogen) atoms. The zero-order valence-corrected chi connectivity index (χ0v) is 17.2. The van der Waals surface area contributed by atoms with Gasteiger partial charge in [0, 0.05) is 25.4 Å². The molecular weight excluding hydrogens is 378 g/mol. The summed E-state index contributed by atoms with van der Waals surface area (Å²) in [6.07, 6.45) is 5.67. The van der Waals surface area contributed by atoms with Crippen LogP contribution in [0.1, 0.15) is 24.7 Å². The lowest BCUT2D eigenvalue weighted by Gasteiger charge is -2.19. The minimum Gasteiger partial charge on any atom is -0.370 e. The summed E-state index contributed by atoms with van der Waals surface area (Å²) < 4.78 is 3.43. The highest BCUT2D eigenvalue weighted by Crippen LogP contribution is 2.24. The van der Waals surface area contributed by atoms with E-state index in [1.807, 2.05) is 42.0 Å². The number of nitrogens with two attached hydrogens (primary N) is 1.